The van der Waals surface area contributed by atoms with Crippen molar-refractivity contribution in [2.24, 2.45) is 11.8 Å². The van der Waals surface area contributed by atoms with Crippen molar-refractivity contribution in [3.63, 3.8) is 0 Å². The van der Waals surface area contributed by atoms with Gasteiger partial charge in [-0.25, -0.2) is 29.3 Å². The normalized spacial score (nSPS) is 21.7. The first-order valence-electron chi connectivity index (χ1n) is 11.3. The van der Waals surface area contributed by atoms with E-state index in [0.29, 0.717) is 19.4 Å². The third kappa shape index (κ3) is 8.95. The minimum atomic E-state index is -4.51. The fourth-order valence-corrected chi connectivity index (χ4v) is 4.83. The zero-order valence-electron chi connectivity index (χ0n) is 19.3. The molecule has 2 rings (SSSR count). The molecule has 2 aliphatic rings. The Morgan fingerprint density at radius 2 is 1.91 bits per heavy atom. The summed E-state index contributed by atoms with van der Waals surface area (Å²) in [6.45, 7) is 4.13. The lowest BCUT2D eigenvalue weighted by Gasteiger charge is -2.33. The molecule has 34 heavy (non-hydrogen) atoms. The van der Waals surface area contributed by atoms with E-state index >= 15 is 0 Å². The molecule has 1 unspecified atom stereocenters. The van der Waals surface area contributed by atoms with E-state index in [1.165, 1.54) is 0 Å². The molecule has 1 saturated heterocycles. The van der Waals surface area contributed by atoms with Crippen LogP contribution >= 0.6 is 0 Å². The van der Waals surface area contributed by atoms with Crippen LogP contribution in [-0.4, -0.2) is 67.0 Å². The summed E-state index contributed by atoms with van der Waals surface area (Å²) in [7, 11) is -4.51. The number of nitrogens with one attached hydrogen (secondary N) is 2. The van der Waals surface area contributed by atoms with E-state index in [1.54, 1.807) is 0 Å². The molecule has 196 valence electrons. The number of ether oxygens (including phenoxy) is 1. The van der Waals surface area contributed by atoms with Crippen LogP contribution in [0.25, 0.3) is 0 Å². The molecule has 1 heterocycles. The maximum absolute atomic E-state index is 13.4. The Labute approximate surface area is 197 Å². The summed E-state index contributed by atoms with van der Waals surface area (Å²) in [4.78, 5) is 37.6. The summed E-state index contributed by atoms with van der Waals surface area (Å²) >= 11 is 0. The molecule has 3 amide bonds. The largest absolute Gasteiger partial charge is 0.445 e. The lowest BCUT2D eigenvalue weighted by molar-refractivity contribution is -0.139. The van der Waals surface area contributed by atoms with Gasteiger partial charge in [0.25, 0.3) is 10.1 Å². The van der Waals surface area contributed by atoms with Gasteiger partial charge in [0.2, 0.25) is 17.7 Å². The van der Waals surface area contributed by atoms with E-state index in [0.717, 1.165) is 5.01 Å². The first kappa shape index (κ1) is 28.2. The van der Waals surface area contributed by atoms with Crippen LogP contribution in [0.3, 0.4) is 0 Å². The fraction of sp³-hybridized carbons (Fsp3) is 0.850. The van der Waals surface area contributed by atoms with Gasteiger partial charge in [0.15, 0.2) is 0 Å². The quantitative estimate of drug-likeness (QED) is 0.297. The molecular weight excluding hydrogens is 480 g/mol. The van der Waals surface area contributed by atoms with Crippen molar-refractivity contribution in [3.8, 4) is 0 Å². The maximum Gasteiger partial charge on any atom is 0.426 e. The zero-order valence-corrected chi connectivity index (χ0v) is 20.1. The molecule has 0 bridgehead atoms. The van der Waals surface area contributed by atoms with Gasteiger partial charge in [-0.3, -0.25) is 9.59 Å². The van der Waals surface area contributed by atoms with Crippen molar-refractivity contribution < 1.29 is 45.9 Å². The van der Waals surface area contributed by atoms with Gasteiger partial charge in [-0.2, -0.15) is 8.42 Å². The molecule has 0 aromatic carbocycles. The molecular formula is C20H33F2N3O8S. The molecule has 0 aromatic heterocycles. The number of carbonyl (C=O) groups is 3. The number of nitrogens with zero attached hydrogens (tertiary/aromatic N) is 1. The van der Waals surface area contributed by atoms with Crippen molar-refractivity contribution in [1.82, 2.24) is 15.8 Å². The van der Waals surface area contributed by atoms with Crippen LogP contribution in [0.5, 0.6) is 0 Å². The lowest BCUT2D eigenvalue weighted by atomic mass is 9.94. The molecule has 14 heteroatoms. The fourth-order valence-electron chi connectivity index (χ4n) is 4.01. The molecule has 2 fully saturated rings. The zero-order chi connectivity index (χ0) is 25.5. The van der Waals surface area contributed by atoms with Crippen molar-refractivity contribution in [3.05, 3.63) is 0 Å². The lowest BCUT2D eigenvalue weighted by Crippen LogP contribution is -2.55. The summed E-state index contributed by atoms with van der Waals surface area (Å²) in [6, 6.07) is -1.26. The van der Waals surface area contributed by atoms with Crippen LogP contribution in [0.2, 0.25) is 0 Å². The highest BCUT2D eigenvalue weighted by Gasteiger charge is 2.38. The molecule has 1 aliphatic carbocycles. The molecule has 11 nitrogen and oxygen atoms in total. The number of carbonyl (C=O) groups excluding carboxylic acids is 3. The van der Waals surface area contributed by atoms with Crippen LogP contribution in [0.15, 0.2) is 0 Å². The van der Waals surface area contributed by atoms with Crippen molar-refractivity contribution >= 4 is 28.0 Å². The van der Waals surface area contributed by atoms with Crippen LogP contribution < -0.4 is 10.7 Å². The van der Waals surface area contributed by atoms with Crippen LogP contribution in [0, 0.1) is 11.8 Å². The highest BCUT2D eigenvalue weighted by molar-refractivity contribution is 7.86. The van der Waals surface area contributed by atoms with Crippen LogP contribution in [0.1, 0.15) is 65.2 Å². The highest BCUT2D eigenvalue weighted by atomic mass is 32.2. The summed E-state index contributed by atoms with van der Waals surface area (Å²) in [6.07, 6.45) is -2.21. The molecule has 0 radical (unpaired) electrons. The smallest absolute Gasteiger partial charge is 0.426 e. The summed E-state index contributed by atoms with van der Waals surface area (Å²) in [5.41, 5.74) is 2.25. The topological polar surface area (TPSA) is 151 Å². The number of amides is 3. The maximum atomic E-state index is 13.4. The Kier molecular flexibility index (Phi) is 10.0. The standard InChI is InChI=1S/C20H33F2N3O8S/c1-13(2)3-4-17(26)25(24-19(28)32-16-5-8-20(21,22)9-6-16)15(12-34(30,31)33-29)11-14-7-10-23-18(14)27/h13-16,29H,3-12H2,1-2H3,(H,23,27)(H,24,28)/t14?,15-/m0/s1. The van der Waals surface area contributed by atoms with Gasteiger partial charge < -0.3 is 10.1 Å². The predicted molar refractivity (Wildman–Crippen MR) is 115 cm³/mol. The van der Waals surface area contributed by atoms with Gasteiger partial charge in [0.05, 0.1) is 6.04 Å². The second-order valence-corrected chi connectivity index (χ2v) is 10.8. The summed E-state index contributed by atoms with van der Waals surface area (Å²) in [5.74, 6) is -5.16. The minimum Gasteiger partial charge on any atom is -0.445 e. The van der Waals surface area contributed by atoms with E-state index in [2.05, 4.69) is 15.1 Å². The van der Waals surface area contributed by atoms with E-state index < -0.39 is 64.7 Å². The molecule has 2 atom stereocenters. The Balaban J connectivity index is 2.20. The second-order valence-electron chi connectivity index (χ2n) is 9.23. The average Bonchev–Trinajstić information content (AvgIpc) is 3.15. The number of hydrogen-bond donors (Lipinski definition) is 3. The van der Waals surface area contributed by atoms with Crippen molar-refractivity contribution in [1.29, 1.82) is 0 Å². The first-order chi connectivity index (χ1) is 15.8. The van der Waals surface area contributed by atoms with Gasteiger partial charge in [-0.05, 0) is 38.0 Å². The predicted octanol–water partition coefficient (Wildman–Crippen LogP) is 2.18. The molecule has 0 spiro atoms. The van der Waals surface area contributed by atoms with Crippen LogP contribution in [0.4, 0.5) is 13.6 Å². The van der Waals surface area contributed by atoms with Gasteiger partial charge in [0.1, 0.15) is 11.9 Å². The minimum absolute atomic E-state index is 0.0407. The molecule has 0 aromatic rings. The SMILES string of the molecule is CC(C)CCC(=O)N(NC(=O)OC1CCC(F)(F)CC1)[C@@H](CC1CCNC1=O)CS(=O)(=O)OO. The highest BCUT2D eigenvalue weighted by Crippen LogP contribution is 2.34. The number of hydrazine groups is 1. The van der Waals surface area contributed by atoms with Gasteiger partial charge in [-0.1, -0.05) is 13.8 Å². The number of alkyl halides is 2. The number of rotatable bonds is 10. The molecule has 3 N–H and O–H groups in total. The first-order valence-corrected chi connectivity index (χ1v) is 12.9. The number of halogens is 2. The van der Waals surface area contributed by atoms with Gasteiger partial charge in [0, 0.05) is 31.7 Å². The number of hydrogen-bond acceptors (Lipinski definition) is 8. The Bertz CT molecular complexity index is 830. The average molecular weight is 514 g/mol. The van der Waals surface area contributed by atoms with Gasteiger partial charge in [-0.15, -0.1) is 4.33 Å². The third-order valence-corrected chi connectivity index (χ3v) is 6.97. The van der Waals surface area contributed by atoms with E-state index in [9.17, 15) is 31.6 Å². The van der Waals surface area contributed by atoms with E-state index in [4.69, 9.17) is 9.99 Å². The molecule has 1 saturated carbocycles. The monoisotopic (exact) mass is 513 g/mol. The van der Waals surface area contributed by atoms with Crippen molar-refractivity contribution in [2.75, 3.05) is 12.3 Å². The Morgan fingerprint density at radius 3 is 2.44 bits per heavy atom. The second kappa shape index (κ2) is 12.1. The molecule has 1 aliphatic heterocycles. The van der Waals surface area contributed by atoms with Crippen LogP contribution in [-0.2, 0) is 28.8 Å². The summed E-state index contributed by atoms with van der Waals surface area (Å²) in [5, 5.41) is 12.2. The van der Waals surface area contributed by atoms with E-state index in [-0.39, 0.29) is 37.5 Å². The summed E-state index contributed by atoms with van der Waals surface area (Å²) < 4.78 is 59.5. The Morgan fingerprint density at radius 1 is 1.26 bits per heavy atom. The van der Waals surface area contributed by atoms with Gasteiger partial charge >= 0.3 is 6.09 Å². The Hall–Kier alpha value is -2.06. The van der Waals surface area contributed by atoms with Crippen molar-refractivity contribution in [2.45, 2.75) is 83.3 Å². The third-order valence-electron chi connectivity index (χ3n) is 5.95. The van der Waals surface area contributed by atoms with E-state index in [1.807, 2.05) is 13.8 Å².